The SMILES string of the molecule is Cc1ccc(NC(=O)c2cc(C)nc(Nc3ccc(C(F)(F)F)cc3)n2)cc1. The van der Waals surface area contributed by atoms with E-state index in [1.54, 1.807) is 19.1 Å². The van der Waals surface area contributed by atoms with Crippen molar-refractivity contribution in [2.45, 2.75) is 20.0 Å². The number of rotatable bonds is 4. The van der Waals surface area contributed by atoms with Crippen LogP contribution in [0.4, 0.5) is 30.5 Å². The molecular weight excluding hydrogens is 369 g/mol. The molecule has 8 heteroatoms. The van der Waals surface area contributed by atoms with Gasteiger partial charge in [0, 0.05) is 17.1 Å². The fourth-order valence-electron chi connectivity index (χ4n) is 2.44. The zero-order valence-corrected chi connectivity index (χ0v) is 15.1. The largest absolute Gasteiger partial charge is 0.416 e. The van der Waals surface area contributed by atoms with Gasteiger partial charge in [0.2, 0.25) is 5.95 Å². The minimum absolute atomic E-state index is 0.119. The van der Waals surface area contributed by atoms with Gasteiger partial charge in [-0.2, -0.15) is 13.2 Å². The molecule has 28 heavy (non-hydrogen) atoms. The lowest BCUT2D eigenvalue weighted by atomic mass is 10.2. The maximum atomic E-state index is 12.7. The molecule has 0 radical (unpaired) electrons. The first-order valence-corrected chi connectivity index (χ1v) is 8.39. The normalized spacial score (nSPS) is 11.2. The molecule has 0 saturated carbocycles. The molecule has 0 aliphatic heterocycles. The highest BCUT2D eigenvalue weighted by Crippen LogP contribution is 2.30. The van der Waals surface area contributed by atoms with Gasteiger partial charge < -0.3 is 10.6 Å². The van der Waals surface area contributed by atoms with Crippen LogP contribution in [0.3, 0.4) is 0 Å². The van der Waals surface area contributed by atoms with Crippen LogP contribution >= 0.6 is 0 Å². The first kappa shape index (κ1) is 19.3. The summed E-state index contributed by atoms with van der Waals surface area (Å²) in [6, 6.07) is 13.3. The van der Waals surface area contributed by atoms with Crippen molar-refractivity contribution in [1.29, 1.82) is 0 Å². The van der Waals surface area contributed by atoms with E-state index in [1.165, 1.54) is 18.2 Å². The lowest BCUT2D eigenvalue weighted by Gasteiger charge is -2.10. The minimum Gasteiger partial charge on any atom is -0.324 e. The number of carbonyl (C=O) groups excluding carboxylic acids is 1. The monoisotopic (exact) mass is 386 g/mol. The number of anilines is 3. The van der Waals surface area contributed by atoms with Crippen molar-refractivity contribution in [3.05, 3.63) is 77.1 Å². The number of carbonyl (C=O) groups is 1. The van der Waals surface area contributed by atoms with Crippen LogP contribution in [0.5, 0.6) is 0 Å². The van der Waals surface area contributed by atoms with Gasteiger partial charge in [-0.15, -0.1) is 0 Å². The van der Waals surface area contributed by atoms with Crippen molar-refractivity contribution in [2.75, 3.05) is 10.6 Å². The quantitative estimate of drug-likeness (QED) is 0.654. The van der Waals surface area contributed by atoms with E-state index in [1.807, 2.05) is 19.1 Å². The molecule has 2 aromatic carbocycles. The fourth-order valence-corrected chi connectivity index (χ4v) is 2.44. The van der Waals surface area contributed by atoms with E-state index < -0.39 is 17.6 Å². The van der Waals surface area contributed by atoms with Crippen LogP contribution in [0.2, 0.25) is 0 Å². The van der Waals surface area contributed by atoms with Gasteiger partial charge >= 0.3 is 6.18 Å². The molecule has 0 aliphatic rings. The van der Waals surface area contributed by atoms with Crippen LogP contribution in [0.1, 0.15) is 27.3 Å². The van der Waals surface area contributed by atoms with E-state index in [2.05, 4.69) is 20.6 Å². The number of hydrogen-bond donors (Lipinski definition) is 2. The Bertz CT molecular complexity index is 984. The van der Waals surface area contributed by atoms with Gasteiger partial charge in [0.05, 0.1) is 5.56 Å². The Hall–Kier alpha value is -3.42. The molecule has 0 unspecified atom stereocenters. The van der Waals surface area contributed by atoms with E-state index in [-0.39, 0.29) is 11.6 Å². The summed E-state index contributed by atoms with van der Waals surface area (Å²) >= 11 is 0. The highest BCUT2D eigenvalue weighted by atomic mass is 19.4. The van der Waals surface area contributed by atoms with Crippen molar-refractivity contribution < 1.29 is 18.0 Å². The predicted molar refractivity (Wildman–Crippen MR) is 101 cm³/mol. The summed E-state index contributed by atoms with van der Waals surface area (Å²) in [7, 11) is 0. The van der Waals surface area contributed by atoms with Crippen LogP contribution in [0.25, 0.3) is 0 Å². The molecule has 0 bridgehead atoms. The number of alkyl halides is 3. The zero-order chi connectivity index (χ0) is 20.3. The number of benzene rings is 2. The molecule has 144 valence electrons. The number of amides is 1. The number of aromatic nitrogens is 2. The molecule has 1 aromatic heterocycles. The molecular formula is C20H17F3N4O. The van der Waals surface area contributed by atoms with Crippen molar-refractivity contribution in [2.24, 2.45) is 0 Å². The third kappa shape index (κ3) is 4.85. The maximum Gasteiger partial charge on any atom is 0.416 e. The Labute approximate surface area is 159 Å². The van der Waals surface area contributed by atoms with Crippen LogP contribution < -0.4 is 10.6 Å². The molecule has 0 fully saturated rings. The minimum atomic E-state index is -4.40. The topological polar surface area (TPSA) is 66.9 Å². The maximum absolute atomic E-state index is 12.7. The van der Waals surface area contributed by atoms with Gasteiger partial charge in [0.25, 0.3) is 5.91 Å². The summed E-state index contributed by atoms with van der Waals surface area (Å²) < 4.78 is 38.0. The summed E-state index contributed by atoms with van der Waals surface area (Å²) in [5.74, 6) is -0.293. The second-order valence-electron chi connectivity index (χ2n) is 6.24. The molecule has 0 atom stereocenters. The van der Waals surface area contributed by atoms with Crippen molar-refractivity contribution >= 4 is 23.2 Å². The summed E-state index contributed by atoms with van der Waals surface area (Å²) in [6.45, 7) is 3.64. The first-order valence-electron chi connectivity index (χ1n) is 8.39. The molecule has 2 N–H and O–H groups in total. The standard InChI is InChI=1S/C20H17F3N4O/c1-12-3-7-15(8-4-12)25-18(28)17-11-13(2)24-19(27-17)26-16-9-5-14(6-10-16)20(21,22)23/h3-11H,1-2H3,(H,25,28)(H,24,26,27). The van der Waals surface area contributed by atoms with E-state index in [0.717, 1.165) is 17.7 Å². The lowest BCUT2D eigenvalue weighted by molar-refractivity contribution is -0.137. The summed E-state index contributed by atoms with van der Waals surface area (Å²) in [5.41, 5.74) is 2.01. The van der Waals surface area contributed by atoms with E-state index in [0.29, 0.717) is 17.1 Å². The average molecular weight is 386 g/mol. The number of halogens is 3. The number of hydrogen-bond acceptors (Lipinski definition) is 4. The zero-order valence-electron chi connectivity index (χ0n) is 15.1. The fraction of sp³-hybridized carbons (Fsp3) is 0.150. The van der Waals surface area contributed by atoms with Gasteiger partial charge in [-0.1, -0.05) is 17.7 Å². The molecule has 0 spiro atoms. The second kappa shape index (κ2) is 7.67. The second-order valence-corrected chi connectivity index (χ2v) is 6.24. The molecule has 3 rings (SSSR count). The van der Waals surface area contributed by atoms with Crippen LogP contribution in [0, 0.1) is 13.8 Å². The Morgan fingerprint density at radius 3 is 2.11 bits per heavy atom. The number of nitrogens with zero attached hydrogens (tertiary/aromatic N) is 2. The van der Waals surface area contributed by atoms with Gasteiger partial charge in [0.15, 0.2) is 0 Å². The summed E-state index contributed by atoms with van der Waals surface area (Å²) in [6.07, 6.45) is -4.40. The van der Waals surface area contributed by atoms with Gasteiger partial charge in [-0.05, 0) is 56.3 Å². The van der Waals surface area contributed by atoms with Crippen molar-refractivity contribution in [3.63, 3.8) is 0 Å². The highest BCUT2D eigenvalue weighted by Gasteiger charge is 2.29. The third-order valence-electron chi connectivity index (χ3n) is 3.86. The Kier molecular flexibility index (Phi) is 5.30. The summed E-state index contributed by atoms with van der Waals surface area (Å²) in [4.78, 5) is 20.8. The van der Waals surface area contributed by atoms with E-state index >= 15 is 0 Å². The number of nitrogens with one attached hydrogen (secondary N) is 2. The van der Waals surface area contributed by atoms with Gasteiger partial charge in [0.1, 0.15) is 5.69 Å². The third-order valence-corrected chi connectivity index (χ3v) is 3.86. The Morgan fingerprint density at radius 1 is 0.893 bits per heavy atom. The molecule has 5 nitrogen and oxygen atoms in total. The van der Waals surface area contributed by atoms with Crippen molar-refractivity contribution in [3.8, 4) is 0 Å². The lowest BCUT2D eigenvalue weighted by Crippen LogP contribution is -2.15. The smallest absolute Gasteiger partial charge is 0.324 e. The first-order chi connectivity index (χ1) is 13.2. The molecule has 0 aliphatic carbocycles. The number of aryl methyl sites for hydroxylation is 2. The van der Waals surface area contributed by atoms with Crippen LogP contribution in [-0.4, -0.2) is 15.9 Å². The average Bonchev–Trinajstić information content (AvgIpc) is 2.63. The molecule has 3 aromatic rings. The predicted octanol–water partition coefficient (Wildman–Crippen LogP) is 5.11. The van der Waals surface area contributed by atoms with E-state index in [9.17, 15) is 18.0 Å². The van der Waals surface area contributed by atoms with Gasteiger partial charge in [-0.3, -0.25) is 4.79 Å². The van der Waals surface area contributed by atoms with Crippen LogP contribution in [-0.2, 0) is 6.18 Å². The van der Waals surface area contributed by atoms with Crippen LogP contribution in [0.15, 0.2) is 54.6 Å². The Balaban J connectivity index is 1.77. The summed E-state index contributed by atoms with van der Waals surface area (Å²) in [5, 5.41) is 5.57. The van der Waals surface area contributed by atoms with E-state index in [4.69, 9.17) is 0 Å². The van der Waals surface area contributed by atoms with Crippen molar-refractivity contribution in [1.82, 2.24) is 9.97 Å². The molecule has 1 heterocycles. The highest BCUT2D eigenvalue weighted by molar-refractivity contribution is 6.03. The molecule has 1 amide bonds. The molecule has 0 saturated heterocycles. The van der Waals surface area contributed by atoms with Gasteiger partial charge in [-0.25, -0.2) is 9.97 Å². The Morgan fingerprint density at radius 2 is 1.50 bits per heavy atom.